The molecule has 7 heteroatoms. The predicted octanol–water partition coefficient (Wildman–Crippen LogP) is 2.52. The molecule has 0 aliphatic carbocycles. The monoisotopic (exact) mass is 382 g/mol. The van der Waals surface area contributed by atoms with Crippen molar-refractivity contribution in [2.45, 2.75) is 51.5 Å². The minimum absolute atomic E-state index is 0.0629. The van der Waals surface area contributed by atoms with Crippen LogP contribution in [0.5, 0.6) is 0 Å². The van der Waals surface area contributed by atoms with Gasteiger partial charge in [0.15, 0.2) is 0 Å². The molecular weight excluding hydrogens is 352 g/mol. The summed E-state index contributed by atoms with van der Waals surface area (Å²) in [5, 5.41) is 9.00. The van der Waals surface area contributed by atoms with Crippen LogP contribution in [-0.4, -0.2) is 61.6 Å². The summed E-state index contributed by atoms with van der Waals surface area (Å²) in [6.45, 7) is 6.59. The molecule has 7 nitrogen and oxygen atoms in total. The third-order valence-corrected chi connectivity index (χ3v) is 6.04. The minimum atomic E-state index is 0.0629. The molecule has 0 saturated carbocycles. The number of carbonyl (C=O) groups excluding carboxylic acids is 1. The molecule has 2 aliphatic rings. The Morgan fingerprint density at radius 2 is 1.93 bits per heavy atom. The number of pyridine rings is 1. The van der Waals surface area contributed by atoms with Gasteiger partial charge in [-0.05, 0) is 57.8 Å². The van der Waals surface area contributed by atoms with E-state index in [0.717, 1.165) is 56.4 Å². The lowest BCUT2D eigenvalue weighted by molar-refractivity contribution is 0.0703. The maximum absolute atomic E-state index is 12.9. The molecule has 150 valence electrons. The fraction of sp³-hybridized carbons (Fsp3) is 0.619. The molecule has 0 bridgehead atoms. The molecular formula is C21H30N6O. The van der Waals surface area contributed by atoms with Crippen molar-refractivity contribution in [1.82, 2.24) is 29.5 Å². The first-order valence-electron chi connectivity index (χ1n) is 10.4. The lowest BCUT2D eigenvalue weighted by Gasteiger charge is -2.32. The number of hydrogen-bond acceptors (Lipinski definition) is 5. The molecule has 28 heavy (non-hydrogen) atoms. The summed E-state index contributed by atoms with van der Waals surface area (Å²) in [6.07, 6.45) is 7.61. The Morgan fingerprint density at radius 1 is 1.11 bits per heavy atom. The van der Waals surface area contributed by atoms with E-state index in [2.05, 4.69) is 31.7 Å². The minimum Gasteiger partial charge on any atom is -0.338 e. The van der Waals surface area contributed by atoms with Crippen molar-refractivity contribution < 1.29 is 4.79 Å². The van der Waals surface area contributed by atoms with E-state index in [4.69, 9.17) is 0 Å². The average Bonchev–Trinajstić information content (AvgIpc) is 3.09. The van der Waals surface area contributed by atoms with Crippen LogP contribution in [0.3, 0.4) is 0 Å². The molecule has 0 unspecified atom stereocenters. The van der Waals surface area contributed by atoms with E-state index in [-0.39, 0.29) is 11.8 Å². The van der Waals surface area contributed by atoms with Gasteiger partial charge < -0.3 is 9.47 Å². The van der Waals surface area contributed by atoms with E-state index in [0.29, 0.717) is 12.1 Å². The maximum atomic E-state index is 12.9. The Kier molecular flexibility index (Phi) is 5.71. The molecule has 2 aliphatic heterocycles. The predicted molar refractivity (Wildman–Crippen MR) is 107 cm³/mol. The Balaban J connectivity index is 1.44. The Bertz CT molecular complexity index is 809. The number of likely N-dealkylation sites (tertiary alicyclic amines) is 2. The quantitative estimate of drug-likeness (QED) is 0.813. The number of hydrogen-bond donors (Lipinski definition) is 0. The summed E-state index contributed by atoms with van der Waals surface area (Å²) >= 11 is 0. The average molecular weight is 383 g/mol. The summed E-state index contributed by atoms with van der Waals surface area (Å²) in [5.74, 6) is 2.34. The van der Waals surface area contributed by atoms with Crippen LogP contribution in [0.4, 0.5) is 0 Å². The summed E-state index contributed by atoms with van der Waals surface area (Å²) in [7, 11) is 2.07. The van der Waals surface area contributed by atoms with Crippen molar-refractivity contribution in [3.63, 3.8) is 0 Å². The second-order valence-electron chi connectivity index (χ2n) is 8.15. The zero-order chi connectivity index (χ0) is 19.5. The van der Waals surface area contributed by atoms with Crippen LogP contribution in [0, 0.1) is 6.92 Å². The summed E-state index contributed by atoms with van der Waals surface area (Å²) in [4.78, 5) is 21.6. The fourth-order valence-corrected chi connectivity index (χ4v) is 4.34. The SMILES string of the molecule is Cc1ccc(C(=O)N2CCC[C@@H](c3nnc(CN4CCCCC4)n3C)C2)cn1. The number of piperidine rings is 2. The van der Waals surface area contributed by atoms with Crippen LogP contribution in [0.15, 0.2) is 18.3 Å². The molecule has 2 aromatic rings. The standard InChI is InChI=1S/C21H30N6O/c1-16-8-9-17(13-22-16)21(28)27-12-6-7-18(14-27)20-24-23-19(25(20)2)15-26-10-4-3-5-11-26/h8-9,13,18H,3-7,10-12,14-15H2,1-2H3/t18-/m1/s1. The molecule has 4 rings (SSSR count). The second kappa shape index (κ2) is 8.39. The lowest BCUT2D eigenvalue weighted by atomic mass is 9.96. The highest BCUT2D eigenvalue weighted by Crippen LogP contribution is 2.27. The van der Waals surface area contributed by atoms with Gasteiger partial charge in [0.2, 0.25) is 0 Å². The van der Waals surface area contributed by atoms with Gasteiger partial charge in [-0.15, -0.1) is 10.2 Å². The van der Waals surface area contributed by atoms with E-state index in [1.807, 2.05) is 24.0 Å². The third kappa shape index (κ3) is 4.09. The molecule has 1 amide bonds. The van der Waals surface area contributed by atoms with Gasteiger partial charge in [-0.25, -0.2) is 0 Å². The number of nitrogens with zero attached hydrogens (tertiary/aromatic N) is 6. The smallest absolute Gasteiger partial charge is 0.255 e. The normalized spacial score (nSPS) is 21.1. The summed E-state index contributed by atoms with van der Waals surface area (Å²) in [6, 6.07) is 3.76. The van der Waals surface area contributed by atoms with Crippen LogP contribution in [0.2, 0.25) is 0 Å². The Morgan fingerprint density at radius 3 is 2.68 bits per heavy atom. The second-order valence-corrected chi connectivity index (χ2v) is 8.15. The van der Waals surface area contributed by atoms with Gasteiger partial charge in [-0.3, -0.25) is 14.7 Å². The number of aryl methyl sites for hydroxylation is 1. The van der Waals surface area contributed by atoms with Gasteiger partial charge in [0.05, 0.1) is 12.1 Å². The zero-order valence-corrected chi connectivity index (χ0v) is 17.0. The van der Waals surface area contributed by atoms with Crippen LogP contribution in [0.1, 0.15) is 65.7 Å². The van der Waals surface area contributed by atoms with Gasteiger partial charge in [0.25, 0.3) is 5.91 Å². The van der Waals surface area contributed by atoms with Crippen molar-refractivity contribution in [3.05, 3.63) is 41.2 Å². The summed E-state index contributed by atoms with van der Waals surface area (Å²) in [5.41, 5.74) is 1.59. The molecule has 0 aromatic carbocycles. The molecule has 1 atom stereocenters. The first-order chi connectivity index (χ1) is 13.6. The van der Waals surface area contributed by atoms with Crippen LogP contribution in [0.25, 0.3) is 0 Å². The molecule has 2 aromatic heterocycles. The largest absolute Gasteiger partial charge is 0.338 e. The van der Waals surface area contributed by atoms with Crippen LogP contribution >= 0.6 is 0 Å². The molecule has 0 radical (unpaired) electrons. The third-order valence-electron chi connectivity index (χ3n) is 6.04. The van der Waals surface area contributed by atoms with E-state index >= 15 is 0 Å². The molecule has 0 N–H and O–H groups in total. The number of amides is 1. The molecule has 2 saturated heterocycles. The molecule has 2 fully saturated rings. The number of carbonyl (C=O) groups is 1. The lowest BCUT2D eigenvalue weighted by Crippen LogP contribution is -2.39. The number of rotatable bonds is 4. The van der Waals surface area contributed by atoms with Gasteiger partial charge >= 0.3 is 0 Å². The van der Waals surface area contributed by atoms with E-state index in [1.165, 1.54) is 19.3 Å². The Labute approximate surface area is 166 Å². The van der Waals surface area contributed by atoms with Gasteiger partial charge in [-0.1, -0.05) is 6.42 Å². The topological polar surface area (TPSA) is 67.2 Å². The fourth-order valence-electron chi connectivity index (χ4n) is 4.34. The molecule has 4 heterocycles. The van der Waals surface area contributed by atoms with Crippen molar-refractivity contribution >= 4 is 5.91 Å². The first-order valence-corrected chi connectivity index (χ1v) is 10.4. The highest BCUT2D eigenvalue weighted by molar-refractivity contribution is 5.94. The van der Waals surface area contributed by atoms with Gasteiger partial charge in [0.1, 0.15) is 11.6 Å². The first kappa shape index (κ1) is 19.1. The van der Waals surface area contributed by atoms with Crippen molar-refractivity contribution in [2.75, 3.05) is 26.2 Å². The van der Waals surface area contributed by atoms with Gasteiger partial charge in [0, 0.05) is 37.9 Å². The van der Waals surface area contributed by atoms with Crippen LogP contribution < -0.4 is 0 Å². The van der Waals surface area contributed by atoms with E-state index in [1.54, 1.807) is 6.20 Å². The molecule has 0 spiro atoms. The van der Waals surface area contributed by atoms with Crippen molar-refractivity contribution in [2.24, 2.45) is 7.05 Å². The van der Waals surface area contributed by atoms with Crippen molar-refractivity contribution in [1.29, 1.82) is 0 Å². The summed E-state index contributed by atoms with van der Waals surface area (Å²) < 4.78 is 2.15. The number of aromatic nitrogens is 4. The van der Waals surface area contributed by atoms with Crippen molar-refractivity contribution in [3.8, 4) is 0 Å². The Hall–Kier alpha value is -2.28. The van der Waals surface area contributed by atoms with Crippen LogP contribution in [-0.2, 0) is 13.6 Å². The zero-order valence-electron chi connectivity index (χ0n) is 17.0. The highest BCUT2D eigenvalue weighted by Gasteiger charge is 2.29. The van der Waals surface area contributed by atoms with E-state index < -0.39 is 0 Å². The van der Waals surface area contributed by atoms with Gasteiger partial charge in [-0.2, -0.15) is 0 Å². The maximum Gasteiger partial charge on any atom is 0.255 e. The highest BCUT2D eigenvalue weighted by atomic mass is 16.2. The van der Waals surface area contributed by atoms with E-state index in [9.17, 15) is 4.79 Å².